The SMILES string of the molecule is Cc1cc(C)c(NC(=O)Nc2cc(-c3ccc4c(c3)OCO4)ccc2C(=O)NC(C(=O)O)C2CCCCC2)c(C)c1. The minimum absolute atomic E-state index is 0.134. The first kappa shape index (κ1) is 28.0. The highest BCUT2D eigenvalue weighted by atomic mass is 16.7. The highest BCUT2D eigenvalue weighted by Crippen LogP contribution is 2.37. The van der Waals surface area contributed by atoms with E-state index in [2.05, 4.69) is 16.0 Å². The number of urea groups is 1. The van der Waals surface area contributed by atoms with Crippen LogP contribution < -0.4 is 25.4 Å². The van der Waals surface area contributed by atoms with Crippen molar-refractivity contribution in [3.8, 4) is 22.6 Å². The molecule has 1 atom stereocenters. The fraction of sp³-hybridized carbons (Fsp3) is 0.344. The van der Waals surface area contributed by atoms with Gasteiger partial charge in [0.1, 0.15) is 6.04 Å². The van der Waals surface area contributed by atoms with Crippen molar-refractivity contribution in [2.45, 2.75) is 58.9 Å². The minimum Gasteiger partial charge on any atom is -0.480 e. The van der Waals surface area contributed by atoms with Crippen molar-refractivity contribution in [2.24, 2.45) is 5.92 Å². The molecule has 5 rings (SSSR count). The molecule has 9 nitrogen and oxygen atoms in total. The summed E-state index contributed by atoms with van der Waals surface area (Å²) in [6.07, 6.45) is 4.46. The number of aliphatic carboxylic acids is 1. The van der Waals surface area contributed by atoms with E-state index < -0.39 is 23.9 Å². The van der Waals surface area contributed by atoms with Crippen LogP contribution in [0, 0.1) is 26.7 Å². The molecule has 0 saturated heterocycles. The fourth-order valence-electron chi connectivity index (χ4n) is 5.81. The maximum absolute atomic E-state index is 13.5. The van der Waals surface area contributed by atoms with E-state index in [-0.39, 0.29) is 24.0 Å². The number of hydrogen-bond acceptors (Lipinski definition) is 5. The first-order valence-electron chi connectivity index (χ1n) is 13.9. The second kappa shape index (κ2) is 11.9. The number of carboxylic acid groups (broad SMARTS) is 1. The molecule has 1 unspecified atom stereocenters. The third kappa shape index (κ3) is 6.29. The van der Waals surface area contributed by atoms with Gasteiger partial charge >= 0.3 is 12.0 Å². The van der Waals surface area contributed by atoms with E-state index in [0.717, 1.165) is 59.9 Å². The van der Waals surface area contributed by atoms with Gasteiger partial charge in [0.15, 0.2) is 11.5 Å². The van der Waals surface area contributed by atoms with Crippen LogP contribution in [-0.2, 0) is 4.79 Å². The average molecular weight is 558 g/mol. The molecule has 1 fully saturated rings. The van der Waals surface area contributed by atoms with E-state index in [1.54, 1.807) is 18.2 Å². The molecule has 0 bridgehead atoms. The topological polar surface area (TPSA) is 126 Å². The lowest BCUT2D eigenvalue weighted by Gasteiger charge is -2.28. The lowest BCUT2D eigenvalue weighted by Crippen LogP contribution is -2.46. The fourth-order valence-corrected chi connectivity index (χ4v) is 5.81. The summed E-state index contributed by atoms with van der Waals surface area (Å²) in [5.74, 6) is -0.490. The molecule has 1 aliphatic carbocycles. The number of amides is 3. The molecule has 3 aromatic carbocycles. The highest BCUT2D eigenvalue weighted by molar-refractivity contribution is 6.08. The van der Waals surface area contributed by atoms with Gasteiger partial charge in [-0.3, -0.25) is 4.79 Å². The van der Waals surface area contributed by atoms with Gasteiger partial charge in [0.05, 0.1) is 11.3 Å². The predicted molar refractivity (Wildman–Crippen MR) is 157 cm³/mol. The molecule has 214 valence electrons. The van der Waals surface area contributed by atoms with E-state index in [0.29, 0.717) is 17.2 Å². The first-order chi connectivity index (χ1) is 19.7. The molecular formula is C32H35N3O6. The van der Waals surface area contributed by atoms with Gasteiger partial charge < -0.3 is 30.5 Å². The summed E-state index contributed by atoms with van der Waals surface area (Å²) in [6.45, 7) is 5.99. The molecule has 1 saturated carbocycles. The molecule has 0 radical (unpaired) electrons. The number of nitrogens with one attached hydrogen (secondary N) is 3. The number of carbonyl (C=O) groups excluding carboxylic acids is 2. The van der Waals surface area contributed by atoms with Crippen molar-refractivity contribution in [3.05, 3.63) is 70.8 Å². The van der Waals surface area contributed by atoms with Gasteiger partial charge in [-0.25, -0.2) is 9.59 Å². The van der Waals surface area contributed by atoms with Crippen molar-refractivity contribution < 1.29 is 29.0 Å². The van der Waals surface area contributed by atoms with Gasteiger partial charge in [0.25, 0.3) is 5.91 Å². The van der Waals surface area contributed by atoms with Crippen LogP contribution in [0.4, 0.5) is 16.2 Å². The zero-order chi connectivity index (χ0) is 29.1. The number of carboxylic acids is 1. The van der Waals surface area contributed by atoms with Crippen molar-refractivity contribution in [2.75, 3.05) is 17.4 Å². The number of fused-ring (bicyclic) bond motifs is 1. The summed E-state index contributed by atoms with van der Waals surface area (Å²) in [4.78, 5) is 38.9. The quantitative estimate of drug-likeness (QED) is 0.266. The molecule has 4 N–H and O–H groups in total. The number of carbonyl (C=O) groups is 3. The van der Waals surface area contributed by atoms with Crippen molar-refractivity contribution in [1.82, 2.24) is 5.32 Å². The molecule has 1 heterocycles. The maximum Gasteiger partial charge on any atom is 0.326 e. The van der Waals surface area contributed by atoms with Crippen LogP contribution >= 0.6 is 0 Å². The molecule has 41 heavy (non-hydrogen) atoms. The molecule has 1 aliphatic heterocycles. The van der Waals surface area contributed by atoms with Crippen LogP contribution in [0.25, 0.3) is 11.1 Å². The standard InChI is InChI=1S/C32H35N3O6/c1-18-13-19(2)28(20(3)14-18)35-32(39)33-25-15-22(23-10-12-26-27(16-23)41-17-40-26)9-11-24(25)30(36)34-29(31(37)38)21-7-5-4-6-8-21/h9-16,21,29H,4-8,17H2,1-3H3,(H,34,36)(H,37,38)(H2,33,35,39). The first-order valence-corrected chi connectivity index (χ1v) is 13.9. The predicted octanol–water partition coefficient (Wildman–Crippen LogP) is 6.41. The lowest BCUT2D eigenvalue weighted by molar-refractivity contribution is -0.141. The Morgan fingerprint density at radius 3 is 2.20 bits per heavy atom. The molecule has 3 amide bonds. The van der Waals surface area contributed by atoms with Crippen LogP contribution in [0.1, 0.15) is 59.2 Å². The van der Waals surface area contributed by atoms with E-state index in [9.17, 15) is 19.5 Å². The molecule has 9 heteroatoms. The monoisotopic (exact) mass is 557 g/mol. The molecule has 3 aromatic rings. The Bertz CT molecular complexity index is 1470. The van der Waals surface area contributed by atoms with E-state index in [4.69, 9.17) is 9.47 Å². The third-order valence-electron chi connectivity index (χ3n) is 7.81. The molecule has 2 aliphatic rings. The van der Waals surface area contributed by atoms with Crippen LogP contribution in [0.15, 0.2) is 48.5 Å². The van der Waals surface area contributed by atoms with Crippen LogP contribution in [0.5, 0.6) is 11.5 Å². The number of benzene rings is 3. The molecule has 0 spiro atoms. The summed E-state index contributed by atoms with van der Waals surface area (Å²) in [6, 6.07) is 13.0. The number of hydrogen-bond donors (Lipinski definition) is 4. The van der Waals surface area contributed by atoms with Gasteiger partial charge in [-0.15, -0.1) is 0 Å². The van der Waals surface area contributed by atoms with E-state index >= 15 is 0 Å². The third-order valence-corrected chi connectivity index (χ3v) is 7.81. The smallest absolute Gasteiger partial charge is 0.326 e. The van der Waals surface area contributed by atoms with Gasteiger partial charge in [-0.05, 0) is 86.1 Å². The highest BCUT2D eigenvalue weighted by Gasteiger charge is 2.31. The van der Waals surface area contributed by atoms with Gasteiger partial charge in [0.2, 0.25) is 6.79 Å². The van der Waals surface area contributed by atoms with Gasteiger partial charge in [0, 0.05) is 5.69 Å². The lowest BCUT2D eigenvalue weighted by atomic mass is 9.83. The Morgan fingerprint density at radius 2 is 1.49 bits per heavy atom. The van der Waals surface area contributed by atoms with Crippen molar-refractivity contribution in [1.29, 1.82) is 0 Å². The largest absolute Gasteiger partial charge is 0.480 e. The number of rotatable bonds is 7. The Kier molecular flexibility index (Phi) is 8.14. The number of ether oxygens (including phenoxy) is 2. The normalized spacial score (nSPS) is 15.2. The van der Waals surface area contributed by atoms with E-state index in [1.807, 2.05) is 51.1 Å². The maximum atomic E-state index is 13.5. The summed E-state index contributed by atoms with van der Waals surface area (Å²) in [7, 11) is 0. The van der Waals surface area contributed by atoms with Gasteiger partial charge in [-0.2, -0.15) is 0 Å². The van der Waals surface area contributed by atoms with Gasteiger partial charge in [-0.1, -0.05) is 49.1 Å². The number of anilines is 2. The van der Waals surface area contributed by atoms with Crippen LogP contribution in [0.3, 0.4) is 0 Å². The minimum atomic E-state index is -1.06. The zero-order valence-electron chi connectivity index (χ0n) is 23.5. The molecule has 0 aromatic heterocycles. The Labute approximate surface area is 239 Å². The molecular weight excluding hydrogens is 522 g/mol. The van der Waals surface area contributed by atoms with Crippen LogP contribution in [0.2, 0.25) is 0 Å². The van der Waals surface area contributed by atoms with Crippen molar-refractivity contribution in [3.63, 3.8) is 0 Å². The van der Waals surface area contributed by atoms with Crippen molar-refractivity contribution >= 4 is 29.3 Å². The Balaban J connectivity index is 1.45. The average Bonchev–Trinajstić information content (AvgIpc) is 3.42. The second-order valence-corrected chi connectivity index (χ2v) is 10.9. The number of aryl methyl sites for hydroxylation is 3. The summed E-state index contributed by atoms with van der Waals surface area (Å²) in [5, 5.41) is 18.4. The Morgan fingerprint density at radius 1 is 0.829 bits per heavy atom. The Hall–Kier alpha value is -4.53. The summed E-state index contributed by atoms with van der Waals surface area (Å²) < 4.78 is 10.9. The zero-order valence-corrected chi connectivity index (χ0v) is 23.5. The van der Waals surface area contributed by atoms with Crippen LogP contribution in [-0.4, -0.2) is 35.8 Å². The van der Waals surface area contributed by atoms with E-state index in [1.165, 1.54) is 0 Å². The summed E-state index contributed by atoms with van der Waals surface area (Å²) in [5.41, 5.74) is 5.58. The second-order valence-electron chi connectivity index (χ2n) is 10.9. The summed E-state index contributed by atoms with van der Waals surface area (Å²) >= 11 is 0.